The third-order valence-electron chi connectivity index (χ3n) is 7.00. The summed E-state index contributed by atoms with van der Waals surface area (Å²) in [6.45, 7) is 5.35. The van der Waals surface area contributed by atoms with Gasteiger partial charge in [-0.25, -0.2) is 8.78 Å². The molecule has 3 aromatic rings. The SMILES string of the molecule is Cn1cc(-c2cc(O)c(-c3ccc(NCC4CC5(C)CCC(C)(C4)N5)nn3)c(F)c2F)cn1. The van der Waals surface area contributed by atoms with Gasteiger partial charge in [0.25, 0.3) is 0 Å². The third-order valence-corrected chi connectivity index (χ3v) is 7.00. The first-order valence-electron chi connectivity index (χ1n) is 11.2. The number of phenols is 1. The van der Waals surface area contributed by atoms with Crippen LogP contribution in [0, 0.1) is 17.6 Å². The van der Waals surface area contributed by atoms with Gasteiger partial charge in [-0.3, -0.25) is 4.68 Å². The van der Waals surface area contributed by atoms with Gasteiger partial charge < -0.3 is 15.7 Å². The predicted molar refractivity (Wildman–Crippen MR) is 122 cm³/mol. The van der Waals surface area contributed by atoms with Gasteiger partial charge in [0.1, 0.15) is 11.6 Å². The van der Waals surface area contributed by atoms with E-state index in [0.29, 0.717) is 17.3 Å². The van der Waals surface area contributed by atoms with E-state index in [-0.39, 0.29) is 27.9 Å². The van der Waals surface area contributed by atoms with Crippen LogP contribution in [0.1, 0.15) is 39.5 Å². The van der Waals surface area contributed by atoms with Crippen molar-refractivity contribution >= 4 is 5.82 Å². The molecular weight excluding hydrogens is 426 g/mol. The van der Waals surface area contributed by atoms with Crippen LogP contribution in [0.25, 0.3) is 22.4 Å². The Hall–Kier alpha value is -3.07. The highest BCUT2D eigenvalue weighted by Crippen LogP contribution is 2.44. The molecular formula is C24H28F2N6O. The molecule has 33 heavy (non-hydrogen) atoms. The van der Waals surface area contributed by atoms with Crippen molar-refractivity contribution in [2.75, 3.05) is 11.9 Å². The van der Waals surface area contributed by atoms with Crippen molar-refractivity contribution in [3.63, 3.8) is 0 Å². The summed E-state index contributed by atoms with van der Waals surface area (Å²) >= 11 is 0. The molecule has 0 radical (unpaired) electrons. The first-order valence-corrected chi connectivity index (χ1v) is 11.2. The largest absolute Gasteiger partial charge is 0.507 e. The summed E-state index contributed by atoms with van der Waals surface area (Å²) < 4.78 is 31.1. The van der Waals surface area contributed by atoms with Gasteiger partial charge in [0.15, 0.2) is 11.6 Å². The lowest BCUT2D eigenvalue weighted by Crippen LogP contribution is -2.54. The van der Waals surface area contributed by atoms with Crippen LogP contribution in [0.4, 0.5) is 14.6 Å². The van der Waals surface area contributed by atoms with Gasteiger partial charge in [-0.1, -0.05) is 0 Å². The number of hydrogen-bond acceptors (Lipinski definition) is 6. The van der Waals surface area contributed by atoms with Gasteiger partial charge in [0, 0.05) is 42.0 Å². The summed E-state index contributed by atoms with van der Waals surface area (Å²) in [7, 11) is 1.67. The molecule has 2 aromatic heterocycles. The summed E-state index contributed by atoms with van der Waals surface area (Å²) in [5.74, 6) is -1.57. The van der Waals surface area contributed by atoms with E-state index in [4.69, 9.17) is 0 Å². The quantitative estimate of drug-likeness (QED) is 0.534. The number of halogens is 2. The highest BCUT2D eigenvalue weighted by atomic mass is 19.2. The average molecular weight is 455 g/mol. The Labute approximate surface area is 191 Å². The Kier molecular flexibility index (Phi) is 5.12. The number of aromatic nitrogens is 4. The zero-order valence-corrected chi connectivity index (χ0v) is 19.0. The molecule has 0 saturated carbocycles. The van der Waals surface area contributed by atoms with Crippen molar-refractivity contribution in [3.8, 4) is 28.1 Å². The summed E-state index contributed by atoms with van der Waals surface area (Å²) in [5.41, 5.74) is 0.440. The maximum absolute atomic E-state index is 14.9. The number of rotatable bonds is 5. The van der Waals surface area contributed by atoms with Crippen molar-refractivity contribution in [1.29, 1.82) is 0 Å². The number of aromatic hydroxyl groups is 1. The maximum atomic E-state index is 14.9. The molecule has 1 aromatic carbocycles. The molecule has 2 atom stereocenters. The number of nitrogens with zero attached hydrogens (tertiary/aromatic N) is 4. The van der Waals surface area contributed by atoms with Crippen LogP contribution >= 0.6 is 0 Å². The van der Waals surface area contributed by atoms with Crippen molar-refractivity contribution in [2.24, 2.45) is 13.0 Å². The fourth-order valence-corrected chi connectivity index (χ4v) is 5.64. The summed E-state index contributed by atoms with van der Waals surface area (Å²) in [6.07, 6.45) is 7.54. The monoisotopic (exact) mass is 454 g/mol. The van der Waals surface area contributed by atoms with Crippen LogP contribution in [-0.2, 0) is 7.05 Å². The van der Waals surface area contributed by atoms with Crippen LogP contribution in [0.15, 0.2) is 30.6 Å². The fraction of sp³-hybridized carbons (Fsp3) is 0.458. The van der Waals surface area contributed by atoms with Crippen LogP contribution in [-0.4, -0.2) is 42.7 Å². The molecule has 5 rings (SSSR count). The summed E-state index contributed by atoms with van der Waals surface area (Å²) in [6, 6.07) is 4.39. The van der Waals surface area contributed by atoms with Gasteiger partial charge >= 0.3 is 0 Å². The standard InChI is InChI=1S/C24H28F2N6O/c1-23-6-7-24(2,31-23)10-14(9-23)11-27-19-5-4-17(29-30-19)20-18(33)8-16(21(25)22(20)26)15-12-28-32(3)13-15/h4-5,8,12-14,31,33H,6-7,9-11H2,1-3H3,(H,27,30). The molecule has 4 heterocycles. The van der Waals surface area contributed by atoms with Gasteiger partial charge in [-0.15, -0.1) is 10.2 Å². The Balaban J connectivity index is 1.32. The molecule has 0 aliphatic carbocycles. The highest BCUT2D eigenvalue weighted by molar-refractivity contribution is 5.75. The first-order chi connectivity index (χ1) is 15.6. The van der Waals surface area contributed by atoms with Crippen LogP contribution in [0.2, 0.25) is 0 Å². The third kappa shape index (κ3) is 4.06. The minimum Gasteiger partial charge on any atom is -0.507 e. The number of benzene rings is 1. The Bertz CT molecular complexity index is 1180. The van der Waals surface area contributed by atoms with E-state index in [0.717, 1.165) is 19.4 Å². The first kappa shape index (κ1) is 21.8. The lowest BCUT2D eigenvalue weighted by molar-refractivity contribution is 0.178. The van der Waals surface area contributed by atoms with Crippen LogP contribution in [0.5, 0.6) is 5.75 Å². The van der Waals surface area contributed by atoms with E-state index in [1.165, 1.54) is 35.9 Å². The molecule has 2 unspecified atom stereocenters. The van der Waals surface area contributed by atoms with Crippen molar-refractivity contribution in [3.05, 3.63) is 42.2 Å². The number of nitrogens with one attached hydrogen (secondary N) is 2. The number of piperidine rings is 1. The lowest BCUT2D eigenvalue weighted by atomic mass is 9.80. The number of phenolic OH excluding ortho intramolecular Hbond substituents is 1. The molecule has 9 heteroatoms. The molecule has 2 saturated heterocycles. The van der Waals surface area contributed by atoms with Gasteiger partial charge in [-0.2, -0.15) is 5.10 Å². The molecule has 2 fully saturated rings. The highest BCUT2D eigenvalue weighted by Gasteiger charge is 2.48. The second-order valence-corrected chi connectivity index (χ2v) is 10.1. The number of anilines is 1. The second kappa shape index (κ2) is 7.76. The zero-order valence-electron chi connectivity index (χ0n) is 19.0. The topological polar surface area (TPSA) is 87.9 Å². The minimum atomic E-state index is -1.17. The van der Waals surface area contributed by atoms with Gasteiger partial charge in [0.05, 0.1) is 17.5 Å². The van der Waals surface area contributed by atoms with Gasteiger partial charge in [-0.05, 0) is 63.6 Å². The van der Waals surface area contributed by atoms with E-state index in [1.807, 2.05) is 0 Å². The molecule has 2 aliphatic rings. The smallest absolute Gasteiger partial charge is 0.172 e. The van der Waals surface area contributed by atoms with Crippen LogP contribution < -0.4 is 10.6 Å². The molecule has 0 amide bonds. The minimum absolute atomic E-state index is 0.0621. The van der Waals surface area contributed by atoms with Crippen molar-refractivity contribution in [2.45, 2.75) is 50.6 Å². The fourth-order valence-electron chi connectivity index (χ4n) is 5.64. The molecule has 7 nitrogen and oxygen atoms in total. The second-order valence-electron chi connectivity index (χ2n) is 10.1. The van der Waals surface area contributed by atoms with E-state index >= 15 is 0 Å². The normalized spacial score (nSPS) is 26.5. The predicted octanol–water partition coefficient (Wildman–Crippen LogP) is 4.25. The average Bonchev–Trinajstić information content (AvgIpc) is 3.29. The molecule has 174 valence electrons. The Morgan fingerprint density at radius 2 is 1.88 bits per heavy atom. The summed E-state index contributed by atoms with van der Waals surface area (Å²) in [4.78, 5) is 0. The number of fused-ring (bicyclic) bond motifs is 2. The van der Waals surface area contributed by atoms with Crippen molar-refractivity contribution < 1.29 is 13.9 Å². The summed E-state index contributed by atoms with van der Waals surface area (Å²) in [5, 5.41) is 29.7. The van der Waals surface area contributed by atoms with E-state index in [1.54, 1.807) is 19.3 Å². The molecule has 2 bridgehead atoms. The molecule has 2 aliphatic heterocycles. The Morgan fingerprint density at radius 3 is 2.48 bits per heavy atom. The molecule has 3 N–H and O–H groups in total. The van der Waals surface area contributed by atoms with E-state index < -0.39 is 17.4 Å². The van der Waals surface area contributed by atoms with Crippen molar-refractivity contribution in [1.82, 2.24) is 25.3 Å². The maximum Gasteiger partial charge on any atom is 0.172 e. The van der Waals surface area contributed by atoms with Crippen LogP contribution in [0.3, 0.4) is 0 Å². The van der Waals surface area contributed by atoms with E-state index in [9.17, 15) is 13.9 Å². The Morgan fingerprint density at radius 1 is 1.15 bits per heavy atom. The lowest BCUT2D eigenvalue weighted by Gasteiger charge is -2.42. The van der Waals surface area contributed by atoms with E-state index in [2.05, 4.69) is 39.8 Å². The number of hydrogen-bond donors (Lipinski definition) is 3. The number of aryl methyl sites for hydroxylation is 1. The zero-order chi connectivity index (χ0) is 23.4. The van der Waals surface area contributed by atoms with Gasteiger partial charge in [0.2, 0.25) is 0 Å². The molecule has 0 spiro atoms.